The summed E-state index contributed by atoms with van der Waals surface area (Å²) in [7, 11) is 1.60. The maximum absolute atomic E-state index is 10.6. The molecule has 0 saturated carbocycles. The molecule has 0 radical (unpaired) electrons. The van der Waals surface area contributed by atoms with Crippen LogP contribution in [0.3, 0.4) is 0 Å². The zero-order valence-corrected chi connectivity index (χ0v) is 9.87. The molecule has 0 aliphatic carbocycles. The smallest absolute Gasteiger partial charge is 0.271 e. The number of anilines is 1. The quantitative estimate of drug-likeness (QED) is 0.491. The molecule has 0 spiro atoms. The molecule has 1 N–H and O–H groups in total. The van der Waals surface area contributed by atoms with E-state index in [1.807, 2.05) is 0 Å². The van der Waals surface area contributed by atoms with Gasteiger partial charge in [-0.3, -0.25) is 10.1 Å². The first-order chi connectivity index (χ1) is 7.56. The van der Waals surface area contributed by atoms with E-state index in [0.717, 1.165) is 5.56 Å². The van der Waals surface area contributed by atoms with Crippen LogP contribution in [0.1, 0.15) is 5.56 Å². The second-order valence-corrected chi connectivity index (χ2v) is 3.70. The maximum atomic E-state index is 10.6. The van der Waals surface area contributed by atoms with Crippen LogP contribution in [0.25, 0.3) is 0 Å². The number of non-ortho nitro benzene ring substituents is 1. The first-order valence-corrected chi connectivity index (χ1v) is 5.11. The van der Waals surface area contributed by atoms with Gasteiger partial charge in [0.05, 0.1) is 22.2 Å². The fourth-order valence-electron chi connectivity index (χ4n) is 1.33. The Hall–Kier alpha value is -1.33. The molecule has 1 rings (SSSR count). The molecule has 0 amide bonds. The number of aryl methyl sites for hydroxylation is 1. The standard InChI is InChI=1S/C10H13ClN2O3/c1-7-5-8(13(14)15)6-9(11)10(7)12-3-4-16-2/h5-6,12H,3-4H2,1-2H3. The SMILES string of the molecule is COCCNc1c(C)cc([N+](=O)[O-])cc1Cl. The second kappa shape index (κ2) is 5.67. The molecular formula is C10H13ClN2O3. The summed E-state index contributed by atoms with van der Waals surface area (Å²) in [5.74, 6) is 0. The topological polar surface area (TPSA) is 64.4 Å². The Morgan fingerprint density at radius 2 is 2.25 bits per heavy atom. The summed E-state index contributed by atoms with van der Waals surface area (Å²) in [5.41, 5.74) is 1.46. The lowest BCUT2D eigenvalue weighted by molar-refractivity contribution is -0.384. The van der Waals surface area contributed by atoms with E-state index in [0.29, 0.717) is 23.9 Å². The number of nitro benzene ring substituents is 1. The number of halogens is 1. The van der Waals surface area contributed by atoms with E-state index < -0.39 is 4.92 Å². The summed E-state index contributed by atoms with van der Waals surface area (Å²) >= 11 is 5.95. The zero-order chi connectivity index (χ0) is 12.1. The van der Waals surface area contributed by atoms with Crippen LogP contribution in [0.2, 0.25) is 5.02 Å². The molecule has 0 aromatic heterocycles. The van der Waals surface area contributed by atoms with Crippen LogP contribution in [0, 0.1) is 17.0 Å². The van der Waals surface area contributed by atoms with E-state index in [1.165, 1.54) is 12.1 Å². The van der Waals surface area contributed by atoms with Crippen LogP contribution in [0.5, 0.6) is 0 Å². The van der Waals surface area contributed by atoms with Gasteiger partial charge >= 0.3 is 0 Å². The van der Waals surface area contributed by atoms with Crippen molar-refractivity contribution in [3.8, 4) is 0 Å². The molecule has 6 heteroatoms. The molecule has 0 aliphatic rings. The van der Waals surface area contributed by atoms with E-state index in [9.17, 15) is 10.1 Å². The highest BCUT2D eigenvalue weighted by molar-refractivity contribution is 6.33. The minimum absolute atomic E-state index is 0.000193. The van der Waals surface area contributed by atoms with E-state index >= 15 is 0 Å². The Labute approximate surface area is 98.5 Å². The molecule has 0 unspecified atom stereocenters. The van der Waals surface area contributed by atoms with Gasteiger partial charge in [0.15, 0.2) is 0 Å². The molecule has 16 heavy (non-hydrogen) atoms. The van der Waals surface area contributed by atoms with Gasteiger partial charge in [-0.25, -0.2) is 0 Å². The first-order valence-electron chi connectivity index (χ1n) is 4.73. The highest BCUT2D eigenvalue weighted by Gasteiger charge is 2.12. The fourth-order valence-corrected chi connectivity index (χ4v) is 1.66. The van der Waals surface area contributed by atoms with Gasteiger partial charge in [0.25, 0.3) is 5.69 Å². The van der Waals surface area contributed by atoms with E-state index in [2.05, 4.69) is 5.32 Å². The van der Waals surface area contributed by atoms with Crippen molar-refractivity contribution in [3.05, 3.63) is 32.8 Å². The minimum atomic E-state index is -0.461. The summed E-state index contributed by atoms with van der Waals surface area (Å²) in [4.78, 5) is 10.1. The van der Waals surface area contributed by atoms with Crippen LogP contribution in [0.4, 0.5) is 11.4 Å². The number of benzene rings is 1. The van der Waals surface area contributed by atoms with E-state index in [4.69, 9.17) is 16.3 Å². The lowest BCUT2D eigenvalue weighted by atomic mass is 10.2. The summed E-state index contributed by atoms with van der Waals surface area (Å²) in [6.07, 6.45) is 0. The van der Waals surface area contributed by atoms with Crippen LogP contribution in [-0.2, 0) is 4.74 Å². The Bertz CT molecular complexity index is 373. The number of ether oxygens (including phenoxy) is 1. The summed E-state index contributed by atoms with van der Waals surface area (Å²) in [6.45, 7) is 2.93. The second-order valence-electron chi connectivity index (χ2n) is 3.30. The number of nitro groups is 1. The zero-order valence-electron chi connectivity index (χ0n) is 9.12. The third kappa shape index (κ3) is 3.08. The first kappa shape index (κ1) is 12.7. The monoisotopic (exact) mass is 244 g/mol. The molecule has 5 nitrogen and oxygen atoms in total. The summed E-state index contributed by atoms with van der Waals surface area (Å²) in [6, 6.07) is 2.82. The molecule has 0 fully saturated rings. The van der Waals surface area contributed by atoms with Crippen LogP contribution in [-0.4, -0.2) is 25.2 Å². The lowest BCUT2D eigenvalue weighted by Gasteiger charge is -2.10. The van der Waals surface area contributed by atoms with Gasteiger partial charge in [0, 0.05) is 25.8 Å². The maximum Gasteiger partial charge on any atom is 0.271 e. The summed E-state index contributed by atoms with van der Waals surface area (Å²) < 4.78 is 4.89. The van der Waals surface area contributed by atoms with Gasteiger partial charge in [-0.2, -0.15) is 0 Å². The fraction of sp³-hybridized carbons (Fsp3) is 0.400. The van der Waals surface area contributed by atoms with Gasteiger partial charge in [-0.05, 0) is 12.5 Å². The van der Waals surface area contributed by atoms with Crippen molar-refractivity contribution in [2.45, 2.75) is 6.92 Å². The van der Waals surface area contributed by atoms with Gasteiger partial charge in [-0.1, -0.05) is 11.6 Å². The largest absolute Gasteiger partial charge is 0.383 e. The molecule has 0 saturated heterocycles. The average molecular weight is 245 g/mol. The van der Waals surface area contributed by atoms with Crippen molar-refractivity contribution in [1.29, 1.82) is 0 Å². The Balaban J connectivity index is 2.89. The van der Waals surface area contributed by atoms with Crippen LogP contribution >= 0.6 is 11.6 Å². The molecule has 0 heterocycles. The molecule has 0 aliphatic heterocycles. The number of hydrogen-bond donors (Lipinski definition) is 1. The number of rotatable bonds is 5. The van der Waals surface area contributed by atoms with Crippen molar-refractivity contribution in [2.24, 2.45) is 0 Å². The summed E-state index contributed by atoms with van der Waals surface area (Å²) in [5, 5.41) is 14.0. The van der Waals surface area contributed by atoms with Crippen molar-refractivity contribution in [2.75, 3.05) is 25.6 Å². The van der Waals surface area contributed by atoms with Gasteiger partial charge in [0.2, 0.25) is 0 Å². The number of hydrogen-bond acceptors (Lipinski definition) is 4. The number of nitrogens with one attached hydrogen (secondary N) is 1. The Kier molecular flexibility index (Phi) is 4.52. The Morgan fingerprint density at radius 1 is 1.56 bits per heavy atom. The van der Waals surface area contributed by atoms with Crippen molar-refractivity contribution < 1.29 is 9.66 Å². The number of methoxy groups -OCH3 is 1. The van der Waals surface area contributed by atoms with E-state index in [1.54, 1.807) is 14.0 Å². The predicted molar refractivity (Wildman–Crippen MR) is 63.2 cm³/mol. The number of nitrogens with zero attached hydrogens (tertiary/aromatic N) is 1. The van der Waals surface area contributed by atoms with Crippen molar-refractivity contribution in [3.63, 3.8) is 0 Å². The van der Waals surface area contributed by atoms with Crippen molar-refractivity contribution >= 4 is 23.0 Å². The van der Waals surface area contributed by atoms with Gasteiger partial charge < -0.3 is 10.1 Å². The molecule has 0 atom stereocenters. The van der Waals surface area contributed by atoms with Gasteiger partial charge in [0.1, 0.15) is 0 Å². The van der Waals surface area contributed by atoms with Crippen LogP contribution < -0.4 is 5.32 Å². The molecule has 0 bridgehead atoms. The van der Waals surface area contributed by atoms with Crippen molar-refractivity contribution in [1.82, 2.24) is 0 Å². The van der Waals surface area contributed by atoms with E-state index in [-0.39, 0.29) is 5.69 Å². The highest BCUT2D eigenvalue weighted by Crippen LogP contribution is 2.30. The predicted octanol–water partition coefficient (Wildman–Crippen LogP) is 2.61. The molecule has 1 aromatic rings. The normalized spacial score (nSPS) is 10.2. The molecular weight excluding hydrogens is 232 g/mol. The Morgan fingerprint density at radius 3 is 2.75 bits per heavy atom. The van der Waals surface area contributed by atoms with Gasteiger partial charge in [-0.15, -0.1) is 0 Å². The third-order valence-electron chi connectivity index (χ3n) is 2.09. The minimum Gasteiger partial charge on any atom is -0.383 e. The average Bonchev–Trinajstić information content (AvgIpc) is 2.21. The lowest BCUT2D eigenvalue weighted by Crippen LogP contribution is -2.09. The molecule has 88 valence electrons. The third-order valence-corrected chi connectivity index (χ3v) is 2.39. The molecule has 1 aromatic carbocycles. The highest BCUT2D eigenvalue weighted by atomic mass is 35.5. The van der Waals surface area contributed by atoms with Crippen LogP contribution in [0.15, 0.2) is 12.1 Å².